The quantitative estimate of drug-likeness (QED) is 0.595. The van der Waals surface area contributed by atoms with Gasteiger partial charge in [-0.1, -0.05) is 60.2 Å². The second kappa shape index (κ2) is 6.18. The van der Waals surface area contributed by atoms with Crippen LogP contribution < -0.4 is 0 Å². The highest BCUT2D eigenvalue weighted by Crippen LogP contribution is 2.39. The maximum atomic E-state index is 12.8. The first-order valence-electron chi connectivity index (χ1n) is 8.00. The monoisotopic (exact) mass is 336 g/mol. The molecule has 0 aromatic heterocycles. The molecule has 128 valence electrons. The van der Waals surface area contributed by atoms with Crippen molar-refractivity contribution >= 4 is 11.6 Å². The van der Waals surface area contributed by atoms with Gasteiger partial charge in [0.05, 0.1) is 0 Å². The molecule has 2 aromatic rings. The number of benzene rings is 2. The van der Waals surface area contributed by atoms with E-state index in [2.05, 4.69) is 0 Å². The summed E-state index contributed by atoms with van der Waals surface area (Å²) in [5.41, 5.74) is -0.127. The summed E-state index contributed by atoms with van der Waals surface area (Å²) in [6.45, 7) is 3.40. The maximum Gasteiger partial charge on any atom is 0.262 e. The lowest BCUT2D eigenvalue weighted by Crippen LogP contribution is -2.46. The Morgan fingerprint density at radius 3 is 2.28 bits per heavy atom. The van der Waals surface area contributed by atoms with Crippen molar-refractivity contribution in [2.45, 2.75) is 26.1 Å². The minimum Gasteiger partial charge on any atom is -0.512 e. The lowest BCUT2D eigenvalue weighted by Gasteiger charge is -2.33. The summed E-state index contributed by atoms with van der Waals surface area (Å²) in [7, 11) is 0. The van der Waals surface area contributed by atoms with Gasteiger partial charge >= 0.3 is 0 Å². The highest BCUT2D eigenvalue weighted by atomic mass is 16.3. The standard InChI is InChI=1S/C20H20N2O3/c1-13-8-10-16(11-9-13)20(25)18(21)17(14(2)23)19(24)22(20)12-15-6-4-3-5-7-15/h3-11,21,23,25H,12H2,1-2H3/b17-14+,21-18?. The van der Waals surface area contributed by atoms with Crippen molar-refractivity contribution in [1.29, 1.82) is 5.41 Å². The molecule has 1 amide bonds. The van der Waals surface area contributed by atoms with Gasteiger partial charge in [0.1, 0.15) is 17.0 Å². The van der Waals surface area contributed by atoms with Crippen LogP contribution >= 0.6 is 0 Å². The number of nitrogens with one attached hydrogen (secondary N) is 1. The normalized spacial score (nSPS) is 22.4. The molecule has 1 saturated heterocycles. The van der Waals surface area contributed by atoms with Crippen molar-refractivity contribution < 1.29 is 15.0 Å². The average Bonchev–Trinajstić information content (AvgIpc) is 2.78. The summed E-state index contributed by atoms with van der Waals surface area (Å²) in [6.07, 6.45) is 0. The van der Waals surface area contributed by atoms with Crippen molar-refractivity contribution in [2.24, 2.45) is 0 Å². The van der Waals surface area contributed by atoms with Gasteiger partial charge in [-0.05, 0) is 19.4 Å². The number of allylic oxidation sites excluding steroid dienone is 1. The third-order valence-electron chi connectivity index (χ3n) is 4.45. The van der Waals surface area contributed by atoms with Crippen LogP contribution in [-0.4, -0.2) is 26.7 Å². The van der Waals surface area contributed by atoms with Crippen molar-refractivity contribution in [3.05, 3.63) is 82.6 Å². The Bertz CT molecular complexity index is 852. The predicted molar refractivity (Wildman–Crippen MR) is 95.1 cm³/mol. The van der Waals surface area contributed by atoms with E-state index in [4.69, 9.17) is 5.41 Å². The van der Waals surface area contributed by atoms with Gasteiger partial charge in [-0.2, -0.15) is 0 Å². The molecule has 5 heteroatoms. The van der Waals surface area contributed by atoms with E-state index in [1.54, 1.807) is 12.1 Å². The van der Waals surface area contributed by atoms with Crippen LogP contribution in [0.1, 0.15) is 23.6 Å². The lowest BCUT2D eigenvalue weighted by molar-refractivity contribution is -0.141. The highest BCUT2D eigenvalue weighted by molar-refractivity contribution is 6.29. The van der Waals surface area contributed by atoms with Crippen LogP contribution in [0, 0.1) is 12.3 Å². The number of aryl methyl sites for hydroxylation is 1. The van der Waals surface area contributed by atoms with Crippen LogP contribution in [0.25, 0.3) is 0 Å². The second-order valence-electron chi connectivity index (χ2n) is 6.25. The molecule has 0 aliphatic carbocycles. The Kier molecular flexibility index (Phi) is 4.18. The minimum atomic E-state index is -1.92. The third kappa shape index (κ3) is 2.72. The molecule has 1 atom stereocenters. The van der Waals surface area contributed by atoms with Gasteiger partial charge in [0.15, 0.2) is 0 Å². The molecule has 3 rings (SSSR count). The maximum absolute atomic E-state index is 12.8. The number of amides is 1. The molecule has 5 nitrogen and oxygen atoms in total. The second-order valence-corrected chi connectivity index (χ2v) is 6.25. The van der Waals surface area contributed by atoms with Gasteiger partial charge in [-0.3, -0.25) is 15.1 Å². The SMILES string of the molecule is C/C(O)=C1/C(=N)C(O)(c2ccc(C)cc2)N(Cc2ccccc2)C1=O. The predicted octanol–water partition coefficient (Wildman–Crippen LogP) is 3.03. The van der Waals surface area contributed by atoms with E-state index in [-0.39, 0.29) is 23.6 Å². The molecule has 1 unspecified atom stereocenters. The number of carbonyl (C=O) groups is 1. The van der Waals surface area contributed by atoms with E-state index in [0.717, 1.165) is 11.1 Å². The fraction of sp³-hybridized carbons (Fsp3) is 0.200. The lowest BCUT2D eigenvalue weighted by atomic mass is 9.95. The summed E-state index contributed by atoms with van der Waals surface area (Å²) in [6, 6.07) is 16.3. The van der Waals surface area contributed by atoms with E-state index < -0.39 is 11.6 Å². The molecule has 1 fully saturated rings. The number of carbonyl (C=O) groups excluding carboxylic acids is 1. The highest BCUT2D eigenvalue weighted by Gasteiger charge is 2.54. The zero-order valence-corrected chi connectivity index (χ0v) is 14.2. The van der Waals surface area contributed by atoms with Crippen molar-refractivity contribution in [3.63, 3.8) is 0 Å². The van der Waals surface area contributed by atoms with E-state index in [1.165, 1.54) is 11.8 Å². The summed E-state index contributed by atoms with van der Waals surface area (Å²) in [4.78, 5) is 14.1. The first-order valence-corrected chi connectivity index (χ1v) is 8.00. The smallest absolute Gasteiger partial charge is 0.262 e. The van der Waals surface area contributed by atoms with E-state index in [9.17, 15) is 15.0 Å². The molecule has 0 spiro atoms. The number of likely N-dealkylation sites (tertiary alicyclic amines) is 1. The first-order chi connectivity index (χ1) is 11.9. The third-order valence-corrected chi connectivity index (χ3v) is 4.45. The van der Waals surface area contributed by atoms with E-state index >= 15 is 0 Å². The Hall–Kier alpha value is -2.92. The molecular weight excluding hydrogens is 316 g/mol. The van der Waals surface area contributed by atoms with Crippen molar-refractivity contribution in [2.75, 3.05) is 0 Å². The Labute approximate surface area is 146 Å². The summed E-state index contributed by atoms with van der Waals surface area (Å²) < 4.78 is 0. The zero-order chi connectivity index (χ0) is 18.2. The summed E-state index contributed by atoms with van der Waals surface area (Å²) in [5.74, 6) is -0.826. The summed E-state index contributed by atoms with van der Waals surface area (Å²) in [5, 5.41) is 29.6. The van der Waals surface area contributed by atoms with Gasteiger partial charge in [0.2, 0.25) is 5.72 Å². The summed E-state index contributed by atoms with van der Waals surface area (Å²) >= 11 is 0. The number of rotatable bonds is 3. The van der Waals surface area contributed by atoms with Crippen LogP contribution in [0.15, 0.2) is 65.9 Å². The Morgan fingerprint density at radius 1 is 1.12 bits per heavy atom. The molecule has 0 radical (unpaired) electrons. The number of aliphatic hydroxyl groups is 2. The van der Waals surface area contributed by atoms with Crippen molar-refractivity contribution in [3.8, 4) is 0 Å². The van der Waals surface area contributed by atoms with Gasteiger partial charge in [0, 0.05) is 12.1 Å². The van der Waals surface area contributed by atoms with Gasteiger partial charge in [-0.15, -0.1) is 0 Å². The number of hydrogen-bond acceptors (Lipinski definition) is 4. The van der Waals surface area contributed by atoms with Crippen LogP contribution in [0.3, 0.4) is 0 Å². The van der Waals surface area contributed by atoms with Crippen LogP contribution in [0.2, 0.25) is 0 Å². The van der Waals surface area contributed by atoms with Crippen LogP contribution in [0.5, 0.6) is 0 Å². The Balaban J connectivity index is 2.14. The molecule has 0 bridgehead atoms. The van der Waals surface area contributed by atoms with Gasteiger partial charge in [0.25, 0.3) is 5.91 Å². The molecule has 25 heavy (non-hydrogen) atoms. The van der Waals surface area contributed by atoms with Crippen molar-refractivity contribution in [1.82, 2.24) is 4.90 Å². The fourth-order valence-electron chi connectivity index (χ4n) is 3.07. The van der Waals surface area contributed by atoms with E-state index in [1.807, 2.05) is 49.4 Å². The fourth-order valence-corrected chi connectivity index (χ4v) is 3.07. The van der Waals surface area contributed by atoms with Gasteiger partial charge < -0.3 is 10.2 Å². The van der Waals surface area contributed by atoms with Crippen LogP contribution in [0.4, 0.5) is 0 Å². The molecule has 1 aliphatic heterocycles. The Morgan fingerprint density at radius 2 is 1.72 bits per heavy atom. The van der Waals surface area contributed by atoms with Crippen LogP contribution in [-0.2, 0) is 17.1 Å². The minimum absolute atomic E-state index is 0.128. The molecule has 2 aromatic carbocycles. The number of aliphatic hydroxyl groups excluding tert-OH is 1. The first kappa shape index (κ1) is 16.9. The van der Waals surface area contributed by atoms with Gasteiger partial charge in [-0.25, -0.2) is 0 Å². The zero-order valence-electron chi connectivity index (χ0n) is 14.2. The average molecular weight is 336 g/mol. The molecule has 0 saturated carbocycles. The molecular formula is C20H20N2O3. The molecule has 1 heterocycles. The van der Waals surface area contributed by atoms with E-state index in [0.29, 0.717) is 5.56 Å². The topological polar surface area (TPSA) is 84.6 Å². The number of nitrogens with zero attached hydrogens (tertiary/aromatic N) is 1. The largest absolute Gasteiger partial charge is 0.512 e. The molecule has 1 aliphatic rings. The number of hydrogen-bond donors (Lipinski definition) is 3. The molecule has 3 N–H and O–H groups in total.